The Balaban J connectivity index is 1.79. The van der Waals surface area contributed by atoms with Crippen LogP contribution in [0, 0.1) is 6.92 Å². The van der Waals surface area contributed by atoms with Crippen LogP contribution in [0.2, 0.25) is 0 Å². The van der Waals surface area contributed by atoms with Gasteiger partial charge in [-0.3, -0.25) is 4.79 Å². The molecule has 0 bridgehead atoms. The summed E-state index contributed by atoms with van der Waals surface area (Å²) in [5.41, 5.74) is 0. The molecule has 2 rings (SSSR count). The maximum absolute atomic E-state index is 12.1. The number of nitrogens with one attached hydrogen (secondary N) is 1. The standard InChI is InChI=1S/C14H18N4O2S2/c1-4-7-15-13-16-17-14(22-13)21-9-12(19)18(3)8-11-6-5-10(2)20-11/h4-6H,1,7-9H2,2-3H3,(H,15,16). The molecule has 118 valence electrons. The Kier molecular flexibility index (Phi) is 6.02. The summed E-state index contributed by atoms with van der Waals surface area (Å²) >= 11 is 2.81. The first-order valence-corrected chi connectivity index (χ1v) is 8.49. The topological polar surface area (TPSA) is 71.3 Å². The largest absolute Gasteiger partial charge is 0.464 e. The van der Waals surface area contributed by atoms with Gasteiger partial charge >= 0.3 is 0 Å². The monoisotopic (exact) mass is 338 g/mol. The van der Waals surface area contributed by atoms with Gasteiger partial charge in [0.15, 0.2) is 4.34 Å². The molecule has 2 heterocycles. The number of hydrogen-bond acceptors (Lipinski definition) is 7. The highest BCUT2D eigenvalue weighted by Crippen LogP contribution is 2.25. The van der Waals surface area contributed by atoms with E-state index in [1.54, 1.807) is 18.0 Å². The van der Waals surface area contributed by atoms with Crippen LogP contribution in [-0.4, -0.2) is 40.3 Å². The zero-order chi connectivity index (χ0) is 15.9. The third-order valence-corrected chi connectivity index (χ3v) is 4.74. The fraction of sp³-hybridized carbons (Fsp3) is 0.357. The molecule has 6 nitrogen and oxygen atoms in total. The molecule has 1 amide bonds. The van der Waals surface area contributed by atoms with E-state index in [0.29, 0.717) is 18.8 Å². The highest BCUT2D eigenvalue weighted by Gasteiger charge is 2.13. The molecule has 0 atom stereocenters. The van der Waals surface area contributed by atoms with E-state index in [-0.39, 0.29) is 5.91 Å². The number of rotatable bonds is 8. The van der Waals surface area contributed by atoms with Crippen LogP contribution in [0.25, 0.3) is 0 Å². The van der Waals surface area contributed by atoms with Gasteiger partial charge in [-0.2, -0.15) is 0 Å². The highest BCUT2D eigenvalue weighted by atomic mass is 32.2. The van der Waals surface area contributed by atoms with E-state index in [1.165, 1.54) is 23.1 Å². The van der Waals surface area contributed by atoms with Crippen LogP contribution in [0.5, 0.6) is 0 Å². The van der Waals surface area contributed by atoms with Crippen LogP contribution >= 0.6 is 23.1 Å². The van der Waals surface area contributed by atoms with E-state index < -0.39 is 0 Å². The lowest BCUT2D eigenvalue weighted by atomic mass is 10.4. The van der Waals surface area contributed by atoms with Crippen molar-refractivity contribution in [3.63, 3.8) is 0 Å². The Hall–Kier alpha value is -1.80. The van der Waals surface area contributed by atoms with E-state index >= 15 is 0 Å². The van der Waals surface area contributed by atoms with Crippen LogP contribution in [0.4, 0.5) is 5.13 Å². The lowest BCUT2D eigenvalue weighted by molar-refractivity contribution is -0.127. The zero-order valence-electron chi connectivity index (χ0n) is 12.5. The van der Waals surface area contributed by atoms with Crippen LogP contribution in [0.3, 0.4) is 0 Å². The summed E-state index contributed by atoms with van der Waals surface area (Å²) in [4.78, 5) is 13.7. The highest BCUT2D eigenvalue weighted by molar-refractivity contribution is 8.01. The lowest BCUT2D eigenvalue weighted by Crippen LogP contribution is -2.27. The summed E-state index contributed by atoms with van der Waals surface area (Å²) in [6.07, 6.45) is 1.75. The predicted octanol–water partition coefficient (Wildman–Crippen LogP) is 2.79. The zero-order valence-corrected chi connectivity index (χ0v) is 14.2. The third-order valence-electron chi connectivity index (χ3n) is 2.74. The number of thioether (sulfide) groups is 1. The van der Waals surface area contributed by atoms with Crippen molar-refractivity contribution in [3.05, 3.63) is 36.3 Å². The van der Waals surface area contributed by atoms with E-state index in [9.17, 15) is 4.79 Å². The molecule has 0 aliphatic heterocycles. The van der Waals surface area contributed by atoms with Gasteiger partial charge in [-0.25, -0.2) is 0 Å². The summed E-state index contributed by atoms with van der Waals surface area (Å²) in [6, 6.07) is 3.77. The quantitative estimate of drug-likeness (QED) is 0.589. The molecule has 22 heavy (non-hydrogen) atoms. The van der Waals surface area contributed by atoms with Gasteiger partial charge in [0, 0.05) is 13.6 Å². The predicted molar refractivity (Wildman–Crippen MR) is 89.2 cm³/mol. The average Bonchev–Trinajstić information content (AvgIpc) is 3.11. The molecule has 0 spiro atoms. The summed E-state index contributed by atoms with van der Waals surface area (Å²) in [5.74, 6) is 1.98. The number of carbonyl (C=O) groups excluding carboxylic acids is 1. The minimum Gasteiger partial charge on any atom is -0.464 e. The van der Waals surface area contributed by atoms with Gasteiger partial charge in [-0.1, -0.05) is 29.2 Å². The number of carbonyl (C=O) groups is 1. The number of nitrogens with zero attached hydrogens (tertiary/aromatic N) is 3. The summed E-state index contributed by atoms with van der Waals surface area (Å²) < 4.78 is 6.24. The van der Waals surface area contributed by atoms with E-state index in [2.05, 4.69) is 22.1 Å². The van der Waals surface area contributed by atoms with Gasteiger partial charge in [0.2, 0.25) is 11.0 Å². The fourth-order valence-electron chi connectivity index (χ4n) is 1.62. The van der Waals surface area contributed by atoms with Crippen molar-refractivity contribution >= 4 is 34.1 Å². The molecule has 0 saturated carbocycles. The Morgan fingerprint density at radius 3 is 3.05 bits per heavy atom. The maximum Gasteiger partial charge on any atom is 0.233 e. The molecular weight excluding hydrogens is 320 g/mol. The second-order valence-electron chi connectivity index (χ2n) is 4.59. The van der Waals surface area contributed by atoms with Gasteiger partial charge in [0.1, 0.15) is 11.5 Å². The van der Waals surface area contributed by atoms with E-state index in [0.717, 1.165) is 21.0 Å². The number of aromatic nitrogens is 2. The molecule has 0 unspecified atom stereocenters. The Morgan fingerprint density at radius 1 is 1.55 bits per heavy atom. The molecule has 1 N–H and O–H groups in total. The molecule has 0 fully saturated rings. The van der Waals surface area contributed by atoms with Crippen molar-refractivity contribution in [2.45, 2.75) is 17.8 Å². The summed E-state index contributed by atoms with van der Waals surface area (Å²) in [5, 5.41) is 11.8. The summed E-state index contributed by atoms with van der Waals surface area (Å²) in [7, 11) is 1.76. The SMILES string of the molecule is C=CCNc1nnc(SCC(=O)N(C)Cc2ccc(C)o2)s1. The second-order valence-corrected chi connectivity index (χ2v) is 6.79. The van der Waals surface area contributed by atoms with Gasteiger partial charge in [0.25, 0.3) is 0 Å². The van der Waals surface area contributed by atoms with Crippen LogP contribution in [0.15, 0.2) is 33.5 Å². The fourth-order valence-corrected chi connectivity index (χ4v) is 3.32. The van der Waals surface area contributed by atoms with Crippen LogP contribution in [-0.2, 0) is 11.3 Å². The number of anilines is 1. The second kappa shape index (κ2) is 8.00. The Morgan fingerprint density at radius 2 is 2.36 bits per heavy atom. The van der Waals surface area contributed by atoms with Gasteiger partial charge in [-0.15, -0.1) is 16.8 Å². The lowest BCUT2D eigenvalue weighted by Gasteiger charge is -2.14. The smallest absolute Gasteiger partial charge is 0.233 e. The Labute approximate surface area is 137 Å². The van der Waals surface area contributed by atoms with Gasteiger partial charge in [-0.05, 0) is 19.1 Å². The molecular formula is C14H18N4O2S2. The number of aryl methyl sites for hydroxylation is 1. The molecule has 0 aliphatic carbocycles. The van der Waals surface area contributed by atoms with Crippen LogP contribution < -0.4 is 5.32 Å². The molecule has 8 heteroatoms. The van der Waals surface area contributed by atoms with Crippen molar-refractivity contribution < 1.29 is 9.21 Å². The Bertz CT molecular complexity index is 638. The van der Waals surface area contributed by atoms with Gasteiger partial charge < -0.3 is 14.6 Å². The van der Waals surface area contributed by atoms with E-state index in [1.807, 2.05) is 19.1 Å². The first-order chi connectivity index (χ1) is 10.6. The number of furan rings is 1. The number of amides is 1. The molecule has 0 radical (unpaired) electrons. The first-order valence-electron chi connectivity index (χ1n) is 6.69. The minimum absolute atomic E-state index is 0.0230. The average molecular weight is 338 g/mol. The normalized spacial score (nSPS) is 10.5. The molecule has 2 aromatic heterocycles. The van der Waals surface area contributed by atoms with Gasteiger partial charge in [0.05, 0.1) is 12.3 Å². The first kappa shape index (κ1) is 16.6. The van der Waals surface area contributed by atoms with Crippen molar-refractivity contribution in [1.29, 1.82) is 0 Å². The van der Waals surface area contributed by atoms with E-state index in [4.69, 9.17) is 4.42 Å². The van der Waals surface area contributed by atoms with Crippen molar-refractivity contribution in [3.8, 4) is 0 Å². The molecule has 2 aromatic rings. The minimum atomic E-state index is 0.0230. The summed E-state index contributed by atoms with van der Waals surface area (Å²) in [6.45, 7) is 6.62. The van der Waals surface area contributed by atoms with Crippen molar-refractivity contribution in [2.24, 2.45) is 0 Å². The number of hydrogen-bond donors (Lipinski definition) is 1. The molecule has 0 aliphatic rings. The van der Waals surface area contributed by atoms with Crippen LogP contribution in [0.1, 0.15) is 11.5 Å². The third kappa shape index (κ3) is 4.88. The molecule has 0 saturated heterocycles. The van der Waals surface area contributed by atoms with Crippen molar-refractivity contribution in [1.82, 2.24) is 15.1 Å². The molecule has 0 aromatic carbocycles. The van der Waals surface area contributed by atoms with Crippen molar-refractivity contribution in [2.75, 3.05) is 24.7 Å². The maximum atomic E-state index is 12.1.